The molecule has 1 saturated heterocycles. The third kappa shape index (κ3) is 3.62. The molecule has 0 radical (unpaired) electrons. The molecule has 5 nitrogen and oxygen atoms in total. The molecule has 2 N–H and O–H groups in total. The van der Waals surface area contributed by atoms with Crippen molar-refractivity contribution in [3.05, 3.63) is 24.3 Å². The van der Waals surface area contributed by atoms with Crippen molar-refractivity contribution in [3.8, 4) is 5.75 Å². The third-order valence-electron chi connectivity index (χ3n) is 3.70. The van der Waals surface area contributed by atoms with Crippen LogP contribution in [-0.2, 0) is 0 Å². The van der Waals surface area contributed by atoms with Gasteiger partial charge in [-0.05, 0) is 19.1 Å². The number of para-hydroxylation sites is 2. The molecule has 20 heavy (non-hydrogen) atoms. The molecule has 1 aromatic carbocycles. The minimum Gasteiger partial charge on any atom is -0.495 e. The van der Waals surface area contributed by atoms with Crippen LogP contribution in [0.5, 0.6) is 5.75 Å². The summed E-state index contributed by atoms with van der Waals surface area (Å²) in [6.45, 7) is 5.48. The molecular formula is C15H24N2O3. The zero-order chi connectivity index (χ0) is 14.6. The summed E-state index contributed by atoms with van der Waals surface area (Å²) in [5.41, 5.74) is 0.0932. The minimum absolute atomic E-state index is 0.209. The van der Waals surface area contributed by atoms with Crippen molar-refractivity contribution in [3.63, 3.8) is 0 Å². The molecule has 0 amide bonds. The van der Waals surface area contributed by atoms with E-state index in [4.69, 9.17) is 9.84 Å². The highest BCUT2D eigenvalue weighted by molar-refractivity contribution is 5.58. The van der Waals surface area contributed by atoms with Gasteiger partial charge in [0.2, 0.25) is 0 Å². The summed E-state index contributed by atoms with van der Waals surface area (Å²) < 4.78 is 5.40. The fourth-order valence-electron chi connectivity index (χ4n) is 2.57. The van der Waals surface area contributed by atoms with Crippen LogP contribution in [0.4, 0.5) is 5.69 Å². The van der Waals surface area contributed by atoms with Crippen LogP contribution in [0.15, 0.2) is 24.3 Å². The SMILES string of the molecule is COc1ccccc1N1CCN(CC(C)(O)CO)CC1. The molecule has 0 saturated carbocycles. The minimum atomic E-state index is -1.02. The quantitative estimate of drug-likeness (QED) is 0.825. The largest absolute Gasteiger partial charge is 0.495 e. The van der Waals surface area contributed by atoms with Crippen LogP contribution < -0.4 is 9.64 Å². The second kappa shape index (κ2) is 6.43. The standard InChI is InChI=1S/C15H24N2O3/c1-15(19,12-18)11-16-7-9-17(10-8-16)13-5-3-4-6-14(13)20-2/h3-6,18-19H,7-12H2,1-2H3. The predicted octanol–water partition coefficient (Wildman–Crippen LogP) is 0.560. The van der Waals surface area contributed by atoms with Gasteiger partial charge in [0, 0.05) is 32.7 Å². The summed E-state index contributed by atoms with van der Waals surface area (Å²) in [6, 6.07) is 8.02. The topological polar surface area (TPSA) is 56.2 Å². The Kier molecular flexibility index (Phi) is 4.86. The van der Waals surface area contributed by atoms with Gasteiger partial charge in [0.15, 0.2) is 0 Å². The van der Waals surface area contributed by atoms with Crippen molar-refractivity contribution in [1.82, 2.24) is 4.90 Å². The van der Waals surface area contributed by atoms with Crippen LogP contribution in [0, 0.1) is 0 Å². The first kappa shape index (κ1) is 15.1. The van der Waals surface area contributed by atoms with Crippen LogP contribution in [0.1, 0.15) is 6.92 Å². The number of nitrogens with zero attached hydrogens (tertiary/aromatic N) is 2. The fraction of sp³-hybridized carbons (Fsp3) is 0.600. The van der Waals surface area contributed by atoms with Gasteiger partial charge in [0.05, 0.1) is 25.0 Å². The summed E-state index contributed by atoms with van der Waals surface area (Å²) in [5, 5.41) is 19.0. The second-order valence-corrected chi connectivity index (χ2v) is 5.59. The molecule has 0 spiro atoms. The van der Waals surface area contributed by atoms with Crippen molar-refractivity contribution in [1.29, 1.82) is 0 Å². The third-order valence-corrected chi connectivity index (χ3v) is 3.70. The molecule has 0 bridgehead atoms. The molecule has 0 aliphatic carbocycles. The lowest BCUT2D eigenvalue weighted by molar-refractivity contribution is -0.0263. The summed E-state index contributed by atoms with van der Waals surface area (Å²) in [7, 11) is 1.69. The molecule has 1 aromatic rings. The van der Waals surface area contributed by atoms with E-state index >= 15 is 0 Å². The number of benzene rings is 1. The van der Waals surface area contributed by atoms with E-state index in [1.807, 2.05) is 18.2 Å². The van der Waals surface area contributed by atoms with E-state index in [9.17, 15) is 5.11 Å². The molecule has 1 unspecified atom stereocenters. The molecule has 2 rings (SSSR count). The van der Waals surface area contributed by atoms with E-state index in [1.165, 1.54) is 0 Å². The Morgan fingerprint density at radius 1 is 1.20 bits per heavy atom. The number of anilines is 1. The van der Waals surface area contributed by atoms with Gasteiger partial charge in [-0.25, -0.2) is 0 Å². The van der Waals surface area contributed by atoms with E-state index in [0.717, 1.165) is 37.6 Å². The first-order valence-electron chi connectivity index (χ1n) is 6.99. The molecule has 5 heteroatoms. The molecule has 1 atom stereocenters. The highest BCUT2D eigenvalue weighted by Gasteiger charge is 2.26. The number of aliphatic hydroxyl groups is 2. The van der Waals surface area contributed by atoms with Gasteiger partial charge >= 0.3 is 0 Å². The Hall–Kier alpha value is -1.30. The van der Waals surface area contributed by atoms with Crippen molar-refractivity contribution >= 4 is 5.69 Å². The van der Waals surface area contributed by atoms with E-state index in [-0.39, 0.29) is 6.61 Å². The van der Waals surface area contributed by atoms with Crippen LogP contribution >= 0.6 is 0 Å². The summed E-state index contributed by atoms with van der Waals surface area (Å²) in [4.78, 5) is 4.48. The maximum Gasteiger partial charge on any atom is 0.142 e. The van der Waals surface area contributed by atoms with Crippen LogP contribution in [-0.4, -0.2) is 67.2 Å². The zero-order valence-electron chi connectivity index (χ0n) is 12.2. The summed E-state index contributed by atoms with van der Waals surface area (Å²) in [6.07, 6.45) is 0. The normalized spacial score (nSPS) is 19.7. The van der Waals surface area contributed by atoms with Gasteiger partial charge in [-0.1, -0.05) is 12.1 Å². The van der Waals surface area contributed by atoms with Gasteiger partial charge < -0.3 is 19.8 Å². The molecular weight excluding hydrogens is 256 g/mol. The fourth-order valence-corrected chi connectivity index (χ4v) is 2.57. The average molecular weight is 280 g/mol. The van der Waals surface area contributed by atoms with Crippen molar-refractivity contribution in [2.24, 2.45) is 0 Å². The number of hydrogen-bond acceptors (Lipinski definition) is 5. The monoisotopic (exact) mass is 280 g/mol. The Morgan fingerprint density at radius 3 is 2.45 bits per heavy atom. The molecule has 112 valence electrons. The Morgan fingerprint density at radius 2 is 1.85 bits per heavy atom. The maximum absolute atomic E-state index is 9.92. The maximum atomic E-state index is 9.92. The predicted molar refractivity (Wildman–Crippen MR) is 79.4 cm³/mol. The number of methoxy groups -OCH3 is 1. The highest BCUT2D eigenvalue weighted by Crippen LogP contribution is 2.28. The smallest absolute Gasteiger partial charge is 0.142 e. The summed E-state index contributed by atoms with van der Waals surface area (Å²) in [5.74, 6) is 0.892. The first-order valence-corrected chi connectivity index (χ1v) is 6.99. The lowest BCUT2D eigenvalue weighted by Crippen LogP contribution is -2.52. The molecule has 1 heterocycles. The van der Waals surface area contributed by atoms with Crippen molar-refractivity contribution < 1.29 is 14.9 Å². The van der Waals surface area contributed by atoms with Gasteiger partial charge in [-0.2, -0.15) is 0 Å². The Balaban J connectivity index is 1.94. The zero-order valence-corrected chi connectivity index (χ0v) is 12.2. The van der Waals surface area contributed by atoms with E-state index in [0.29, 0.717) is 6.54 Å². The number of hydrogen-bond donors (Lipinski definition) is 2. The molecule has 1 aliphatic rings. The van der Waals surface area contributed by atoms with Gasteiger partial charge in [-0.15, -0.1) is 0 Å². The Bertz CT molecular complexity index is 429. The lowest BCUT2D eigenvalue weighted by atomic mass is 10.1. The van der Waals surface area contributed by atoms with Crippen LogP contribution in [0.3, 0.4) is 0 Å². The average Bonchev–Trinajstić information content (AvgIpc) is 2.48. The number of piperazine rings is 1. The number of ether oxygens (including phenoxy) is 1. The van der Waals surface area contributed by atoms with E-state index in [1.54, 1.807) is 14.0 Å². The van der Waals surface area contributed by atoms with Crippen LogP contribution in [0.25, 0.3) is 0 Å². The first-order chi connectivity index (χ1) is 9.55. The van der Waals surface area contributed by atoms with Gasteiger partial charge in [0.1, 0.15) is 5.75 Å². The van der Waals surface area contributed by atoms with Crippen LogP contribution in [0.2, 0.25) is 0 Å². The molecule has 1 aliphatic heterocycles. The molecule has 0 aromatic heterocycles. The second-order valence-electron chi connectivity index (χ2n) is 5.59. The summed E-state index contributed by atoms with van der Waals surface area (Å²) >= 11 is 0. The number of rotatable bonds is 5. The Labute approximate surface area is 120 Å². The highest BCUT2D eigenvalue weighted by atomic mass is 16.5. The van der Waals surface area contributed by atoms with E-state index in [2.05, 4.69) is 15.9 Å². The molecule has 1 fully saturated rings. The van der Waals surface area contributed by atoms with Crippen molar-refractivity contribution in [2.75, 3.05) is 51.3 Å². The lowest BCUT2D eigenvalue weighted by Gasteiger charge is -2.39. The number of aliphatic hydroxyl groups excluding tert-OH is 1. The van der Waals surface area contributed by atoms with Gasteiger partial charge in [-0.3, -0.25) is 4.90 Å². The van der Waals surface area contributed by atoms with Gasteiger partial charge in [0.25, 0.3) is 0 Å². The number of β-amino-alcohol motifs (C(OH)–C–C–N with tert-alkyl or cyclic N) is 1. The van der Waals surface area contributed by atoms with Crippen molar-refractivity contribution in [2.45, 2.75) is 12.5 Å². The van der Waals surface area contributed by atoms with E-state index < -0.39 is 5.60 Å².